The van der Waals surface area contributed by atoms with Crippen LogP contribution >= 0.6 is 23.3 Å². The second kappa shape index (κ2) is 4.42. The van der Waals surface area contributed by atoms with E-state index >= 15 is 0 Å². The molecule has 1 aromatic heterocycles. The van der Waals surface area contributed by atoms with Crippen LogP contribution in [-0.2, 0) is 6.42 Å². The second-order valence-corrected chi connectivity index (χ2v) is 5.65. The molecular formula is C9H14N2S2. The number of hydrogen-bond acceptors (Lipinski definition) is 4. The highest BCUT2D eigenvalue weighted by molar-refractivity contribution is 8.01. The van der Waals surface area contributed by atoms with Crippen molar-refractivity contribution in [1.82, 2.24) is 9.36 Å². The lowest BCUT2D eigenvalue weighted by molar-refractivity contribution is 0.886. The fraction of sp³-hybridized carbons (Fsp3) is 0.778. The first kappa shape index (κ1) is 9.46. The molecule has 1 saturated carbocycles. The summed E-state index contributed by atoms with van der Waals surface area (Å²) in [6, 6.07) is 0. The van der Waals surface area contributed by atoms with E-state index in [4.69, 9.17) is 0 Å². The van der Waals surface area contributed by atoms with Crippen LogP contribution in [0.1, 0.15) is 38.4 Å². The number of rotatable bonds is 3. The van der Waals surface area contributed by atoms with Gasteiger partial charge in [-0.2, -0.15) is 4.37 Å². The van der Waals surface area contributed by atoms with Crippen LogP contribution in [0.2, 0.25) is 0 Å². The van der Waals surface area contributed by atoms with Crippen molar-refractivity contribution in [2.24, 2.45) is 0 Å². The van der Waals surface area contributed by atoms with Crippen LogP contribution in [0.4, 0.5) is 0 Å². The van der Waals surface area contributed by atoms with E-state index in [2.05, 4.69) is 16.3 Å². The summed E-state index contributed by atoms with van der Waals surface area (Å²) in [4.78, 5) is 4.46. The van der Waals surface area contributed by atoms with E-state index in [1.54, 1.807) is 11.5 Å². The van der Waals surface area contributed by atoms with Crippen molar-refractivity contribution in [3.63, 3.8) is 0 Å². The SMILES string of the molecule is CCc1nsc(SC2CCCC2)n1. The van der Waals surface area contributed by atoms with Crippen LogP contribution in [0.3, 0.4) is 0 Å². The normalized spacial score (nSPS) is 18.2. The fourth-order valence-electron chi connectivity index (χ4n) is 1.58. The maximum absolute atomic E-state index is 4.46. The quantitative estimate of drug-likeness (QED) is 0.773. The van der Waals surface area contributed by atoms with E-state index in [1.165, 1.54) is 30.0 Å². The predicted octanol–water partition coefficient (Wildman–Crippen LogP) is 3.14. The molecule has 0 unspecified atom stereocenters. The summed E-state index contributed by atoms with van der Waals surface area (Å²) in [5.74, 6) is 1.01. The minimum Gasteiger partial charge on any atom is -0.213 e. The third-order valence-corrected chi connectivity index (χ3v) is 4.49. The molecule has 4 heteroatoms. The number of hydrogen-bond donors (Lipinski definition) is 0. The zero-order valence-corrected chi connectivity index (χ0v) is 9.46. The summed E-state index contributed by atoms with van der Waals surface area (Å²) < 4.78 is 5.46. The van der Waals surface area contributed by atoms with Crippen molar-refractivity contribution >= 4 is 23.3 Å². The van der Waals surface area contributed by atoms with Gasteiger partial charge in [0, 0.05) is 11.7 Å². The van der Waals surface area contributed by atoms with Crippen LogP contribution in [0.5, 0.6) is 0 Å². The monoisotopic (exact) mass is 214 g/mol. The average Bonchev–Trinajstić information content (AvgIpc) is 2.76. The largest absolute Gasteiger partial charge is 0.213 e. The summed E-state index contributed by atoms with van der Waals surface area (Å²) in [7, 11) is 0. The van der Waals surface area contributed by atoms with E-state index in [-0.39, 0.29) is 0 Å². The molecular weight excluding hydrogens is 200 g/mol. The molecule has 1 aliphatic carbocycles. The minimum atomic E-state index is 0.817. The Morgan fingerprint density at radius 3 is 2.85 bits per heavy atom. The molecule has 0 N–H and O–H groups in total. The number of aromatic nitrogens is 2. The van der Waals surface area contributed by atoms with Crippen molar-refractivity contribution in [2.45, 2.75) is 48.6 Å². The number of nitrogens with zero attached hydrogens (tertiary/aromatic N) is 2. The second-order valence-electron chi connectivity index (χ2n) is 3.35. The average molecular weight is 214 g/mol. The maximum atomic E-state index is 4.46. The fourth-order valence-corrected chi connectivity index (χ4v) is 3.78. The van der Waals surface area contributed by atoms with Crippen molar-refractivity contribution < 1.29 is 0 Å². The topological polar surface area (TPSA) is 25.8 Å². The molecule has 72 valence electrons. The Bertz CT molecular complexity index is 266. The lowest BCUT2D eigenvalue weighted by atomic mass is 10.4. The molecule has 0 amide bonds. The van der Waals surface area contributed by atoms with Crippen molar-refractivity contribution in [2.75, 3.05) is 0 Å². The van der Waals surface area contributed by atoms with E-state index < -0.39 is 0 Å². The third kappa shape index (κ3) is 2.44. The molecule has 0 atom stereocenters. The molecule has 0 aliphatic heterocycles. The van der Waals surface area contributed by atoms with Gasteiger partial charge >= 0.3 is 0 Å². The maximum Gasteiger partial charge on any atom is 0.170 e. The van der Waals surface area contributed by atoms with Gasteiger partial charge in [0.1, 0.15) is 5.82 Å². The van der Waals surface area contributed by atoms with Gasteiger partial charge in [-0.05, 0) is 24.4 Å². The van der Waals surface area contributed by atoms with Gasteiger partial charge in [-0.3, -0.25) is 0 Å². The van der Waals surface area contributed by atoms with Gasteiger partial charge in [0.25, 0.3) is 0 Å². The minimum absolute atomic E-state index is 0.817. The summed E-state index contributed by atoms with van der Waals surface area (Å²) in [5, 5.41) is 0.817. The Kier molecular flexibility index (Phi) is 3.22. The highest BCUT2D eigenvalue weighted by Gasteiger charge is 2.17. The van der Waals surface area contributed by atoms with E-state index in [9.17, 15) is 0 Å². The zero-order valence-electron chi connectivity index (χ0n) is 7.82. The van der Waals surface area contributed by atoms with Crippen LogP contribution in [0, 0.1) is 0 Å². The van der Waals surface area contributed by atoms with Gasteiger partial charge in [-0.25, -0.2) is 4.98 Å². The van der Waals surface area contributed by atoms with Crippen LogP contribution in [0.15, 0.2) is 4.34 Å². The third-order valence-electron chi connectivity index (χ3n) is 2.34. The molecule has 1 aromatic rings. The van der Waals surface area contributed by atoms with Gasteiger partial charge in [0.2, 0.25) is 0 Å². The summed E-state index contributed by atoms with van der Waals surface area (Å²) in [5.41, 5.74) is 0. The summed E-state index contributed by atoms with van der Waals surface area (Å²) in [6.45, 7) is 2.10. The molecule has 2 rings (SSSR count). The van der Waals surface area contributed by atoms with Crippen LogP contribution < -0.4 is 0 Å². The first-order valence-corrected chi connectivity index (χ1v) is 6.53. The highest BCUT2D eigenvalue weighted by Crippen LogP contribution is 2.35. The smallest absolute Gasteiger partial charge is 0.170 e. The molecule has 13 heavy (non-hydrogen) atoms. The van der Waals surface area contributed by atoms with Crippen LogP contribution in [0.25, 0.3) is 0 Å². The lowest BCUT2D eigenvalue weighted by Gasteiger charge is -2.03. The molecule has 1 fully saturated rings. The van der Waals surface area contributed by atoms with Crippen molar-refractivity contribution in [3.8, 4) is 0 Å². The number of aryl methyl sites for hydroxylation is 1. The van der Waals surface area contributed by atoms with Gasteiger partial charge in [-0.15, -0.1) is 0 Å². The summed E-state index contributed by atoms with van der Waals surface area (Å²) in [6.07, 6.45) is 6.49. The molecule has 2 nitrogen and oxygen atoms in total. The number of thioether (sulfide) groups is 1. The summed E-state index contributed by atoms with van der Waals surface area (Å²) >= 11 is 3.50. The van der Waals surface area contributed by atoms with E-state index in [1.807, 2.05) is 11.8 Å². The first-order chi connectivity index (χ1) is 6.38. The highest BCUT2D eigenvalue weighted by atomic mass is 32.2. The molecule has 1 heterocycles. The van der Waals surface area contributed by atoms with Crippen LogP contribution in [-0.4, -0.2) is 14.6 Å². The Hall–Kier alpha value is -0.0900. The molecule has 0 radical (unpaired) electrons. The molecule has 0 saturated heterocycles. The molecule has 0 bridgehead atoms. The Balaban J connectivity index is 1.92. The van der Waals surface area contributed by atoms with Gasteiger partial charge in [0.05, 0.1) is 0 Å². The van der Waals surface area contributed by atoms with E-state index in [0.29, 0.717) is 0 Å². The molecule has 0 spiro atoms. The standard InChI is InChI=1S/C9H14N2S2/c1-2-8-10-9(13-11-8)12-7-5-3-4-6-7/h7H,2-6H2,1H3. The van der Waals surface area contributed by atoms with Gasteiger partial charge in [-0.1, -0.05) is 31.5 Å². The van der Waals surface area contributed by atoms with Crippen molar-refractivity contribution in [1.29, 1.82) is 0 Å². The molecule has 1 aliphatic rings. The molecule has 0 aromatic carbocycles. The van der Waals surface area contributed by atoms with Gasteiger partial charge in [0.15, 0.2) is 4.34 Å². The first-order valence-electron chi connectivity index (χ1n) is 4.87. The zero-order chi connectivity index (χ0) is 9.10. The Morgan fingerprint density at radius 2 is 2.23 bits per heavy atom. The van der Waals surface area contributed by atoms with E-state index in [0.717, 1.165) is 17.5 Å². The van der Waals surface area contributed by atoms with Crippen molar-refractivity contribution in [3.05, 3.63) is 5.82 Å². The Labute approximate surface area is 87.3 Å². The van der Waals surface area contributed by atoms with Gasteiger partial charge < -0.3 is 0 Å². The Morgan fingerprint density at radius 1 is 1.46 bits per heavy atom. The predicted molar refractivity (Wildman–Crippen MR) is 57.4 cm³/mol. The lowest BCUT2D eigenvalue weighted by Crippen LogP contribution is -1.92.